The summed E-state index contributed by atoms with van der Waals surface area (Å²) < 4.78 is 5.25. The molecule has 13 aromatic rings. The zero-order valence-corrected chi connectivity index (χ0v) is 38.6. The maximum atomic E-state index is 2.47. The number of anilines is 3. The number of para-hydroxylation sites is 1. The highest BCUT2D eigenvalue weighted by molar-refractivity contribution is 7.27. The van der Waals surface area contributed by atoms with Crippen molar-refractivity contribution in [3.8, 4) is 33.4 Å². The van der Waals surface area contributed by atoms with Crippen molar-refractivity contribution >= 4 is 90.9 Å². The van der Waals surface area contributed by atoms with Crippen molar-refractivity contribution in [2.24, 2.45) is 0 Å². The van der Waals surface area contributed by atoms with Crippen LogP contribution >= 0.6 is 22.7 Å². The lowest BCUT2D eigenvalue weighted by molar-refractivity contribution is 0.768. The third kappa shape index (κ3) is 5.86. The first-order valence-corrected chi connectivity index (χ1v) is 25.0. The molecular formula is C65H41NS2. The van der Waals surface area contributed by atoms with Crippen molar-refractivity contribution in [3.63, 3.8) is 0 Å². The molecule has 0 saturated heterocycles. The van der Waals surface area contributed by atoms with Crippen molar-refractivity contribution in [3.05, 3.63) is 271 Å². The van der Waals surface area contributed by atoms with Gasteiger partial charge in [-0.2, -0.15) is 0 Å². The Morgan fingerprint density at radius 2 is 0.912 bits per heavy atom. The predicted octanol–water partition coefficient (Wildman–Crippen LogP) is 18.7. The third-order valence-electron chi connectivity index (χ3n) is 14.4. The highest BCUT2D eigenvalue weighted by Crippen LogP contribution is 2.57. The van der Waals surface area contributed by atoms with Crippen LogP contribution in [0.3, 0.4) is 0 Å². The van der Waals surface area contributed by atoms with Gasteiger partial charge in [-0.05, 0) is 104 Å². The van der Waals surface area contributed by atoms with Gasteiger partial charge in [0.15, 0.2) is 0 Å². The van der Waals surface area contributed by atoms with E-state index in [4.69, 9.17) is 0 Å². The summed E-state index contributed by atoms with van der Waals surface area (Å²) in [6, 6.07) is 92.5. The van der Waals surface area contributed by atoms with Gasteiger partial charge in [-0.25, -0.2) is 0 Å². The second-order valence-corrected chi connectivity index (χ2v) is 20.0. The number of hydrogen-bond donors (Lipinski definition) is 0. The molecule has 0 fully saturated rings. The van der Waals surface area contributed by atoms with Crippen LogP contribution in [0.5, 0.6) is 0 Å². The first kappa shape index (κ1) is 39.1. The van der Waals surface area contributed by atoms with Crippen LogP contribution in [-0.2, 0) is 5.41 Å². The van der Waals surface area contributed by atoms with Crippen molar-refractivity contribution in [1.82, 2.24) is 0 Å². The smallest absolute Gasteiger partial charge is 0.0713 e. The van der Waals surface area contributed by atoms with E-state index in [1.807, 2.05) is 22.7 Å². The molecule has 68 heavy (non-hydrogen) atoms. The number of fused-ring (bicyclic) bond motifs is 11. The summed E-state index contributed by atoms with van der Waals surface area (Å²) in [4.78, 5) is 2.47. The molecule has 2 aromatic heterocycles. The SMILES string of the molecule is c1ccc(C2(c3ccccc3)c3ccccc3-c3cc(-c4ccc(N(c5ccc6sc7ccccc7c6c5)c5ccccc5-c5cccc6c5sc5c7ccccc7ccc65)cc4)ccc32)cc1. The van der Waals surface area contributed by atoms with Crippen LogP contribution in [0.2, 0.25) is 0 Å². The Morgan fingerprint density at radius 3 is 1.74 bits per heavy atom. The number of thiophene rings is 2. The number of nitrogens with zero attached hydrogens (tertiary/aromatic N) is 1. The molecule has 11 aromatic carbocycles. The van der Waals surface area contributed by atoms with E-state index in [-0.39, 0.29) is 0 Å². The molecule has 14 rings (SSSR count). The standard InChI is InChI=1S/C65H41NS2/c1-3-17-45(18-4-1)65(46-19-5-2-6-20-46)58-27-12-9-22-50(58)56-40-44(33-38-59(56)65)42-30-34-47(35-31-42)66(48-36-39-62-57(41-48)52-24-11-14-29-61(52)67-62)60-28-13-10-23-51(60)53-25-15-26-54-55-37-32-43-16-7-8-21-49(43)63(55)68-64(53)54/h1-41H. The van der Waals surface area contributed by atoms with E-state index < -0.39 is 5.41 Å². The molecule has 318 valence electrons. The Labute approximate surface area is 403 Å². The zero-order chi connectivity index (χ0) is 44.8. The van der Waals surface area contributed by atoms with Crippen molar-refractivity contribution < 1.29 is 0 Å². The molecule has 0 amide bonds. The number of benzene rings is 11. The van der Waals surface area contributed by atoms with Crippen LogP contribution in [0.1, 0.15) is 22.3 Å². The summed E-state index contributed by atoms with van der Waals surface area (Å²) in [6.07, 6.45) is 0. The molecular weight excluding hydrogens is 859 g/mol. The predicted molar refractivity (Wildman–Crippen MR) is 293 cm³/mol. The summed E-state index contributed by atoms with van der Waals surface area (Å²) in [5.41, 5.74) is 15.5. The van der Waals surface area contributed by atoms with Gasteiger partial charge in [-0.3, -0.25) is 0 Å². The first-order valence-electron chi connectivity index (χ1n) is 23.3. The van der Waals surface area contributed by atoms with Crippen LogP contribution in [0.15, 0.2) is 249 Å². The Bertz CT molecular complexity index is 4050. The van der Waals surface area contributed by atoms with Gasteiger partial charge in [0, 0.05) is 62.8 Å². The first-order chi connectivity index (χ1) is 33.7. The number of hydrogen-bond acceptors (Lipinski definition) is 3. The number of rotatable bonds is 7. The Hall–Kier alpha value is -8.08. The average Bonchev–Trinajstić information content (AvgIpc) is 4.08. The molecule has 0 spiro atoms. The van der Waals surface area contributed by atoms with Crippen LogP contribution < -0.4 is 4.90 Å². The van der Waals surface area contributed by atoms with Gasteiger partial charge < -0.3 is 4.90 Å². The van der Waals surface area contributed by atoms with Crippen molar-refractivity contribution in [2.45, 2.75) is 5.41 Å². The maximum absolute atomic E-state index is 2.47. The molecule has 3 heteroatoms. The summed E-state index contributed by atoms with van der Waals surface area (Å²) in [7, 11) is 0. The second kappa shape index (κ2) is 15.5. The van der Waals surface area contributed by atoms with E-state index in [1.165, 1.54) is 107 Å². The molecule has 1 nitrogen and oxygen atoms in total. The lowest BCUT2D eigenvalue weighted by Gasteiger charge is -2.33. The minimum absolute atomic E-state index is 0.423. The molecule has 0 N–H and O–H groups in total. The van der Waals surface area contributed by atoms with Crippen LogP contribution in [0, 0.1) is 0 Å². The maximum Gasteiger partial charge on any atom is 0.0713 e. The minimum atomic E-state index is -0.423. The highest BCUT2D eigenvalue weighted by Gasteiger charge is 2.46. The molecule has 0 saturated carbocycles. The molecule has 0 aliphatic heterocycles. The quantitative estimate of drug-likeness (QED) is 0.154. The van der Waals surface area contributed by atoms with Gasteiger partial charge >= 0.3 is 0 Å². The zero-order valence-electron chi connectivity index (χ0n) is 36.9. The second-order valence-electron chi connectivity index (χ2n) is 17.9. The van der Waals surface area contributed by atoms with Gasteiger partial charge in [0.05, 0.1) is 11.1 Å². The normalized spacial score (nSPS) is 12.8. The largest absolute Gasteiger partial charge is 0.310 e. The fraction of sp³-hybridized carbons (Fsp3) is 0.0154. The molecule has 1 aliphatic rings. The fourth-order valence-electron chi connectivity index (χ4n) is 11.3. The topological polar surface area (TPSA) is 3.24 Å². The van der Waals surface area contributed by atoms with Gasteiger partial charge in [0.25, 0.3) is 0 Å². The van der Waals surface area contributed by atoms with Crippen LogP contribution in [-0.4, -0.2) is 0 Å². The van der Waals surface area contributed by atoms with Crippen molar-refractivity contribution in [2.75, 3.05) is 4.90 Å². The van der Waals surface area contributed by atoms with Crippen LogP contribution in [0.25, 0.3) is 84.5 Å². The van der Waals surface area contributed by atoms with Gasteiger partial charge in [-0.1, -0.05) is 200 Å². The molecule has 0 unspecified atom stereocenters. The molecule has 0 bridgehead atoms. The Kier molecular flexibility index (Phi) is 8.92. The van der Waals surface area contributed by atoms with E-state index >= 15 is 0 Å². The summed E-state index contributed by atoms with van der Waals surface area (Å²) >= 11 is 3.77. The summed E-state index contributed by atoms with van der Waals surface area (Å²) in [5, 5.41) is 7.76. The summed E-state index contributed by atoms with van der Waals surface area (Å²) in [5.74, 6) is 0. The van der Waals surface area contributed by atoms with E-state index in [1.54, 1.807) is 0 Å². The Balaban J connectivity index is 0.932. The molecule has 2 heterocycles. The van der Waals surface area contributed by atoms with Crippen LogP contribution in [0.4, 0.5) is 17.1 Å². The molecule has 0 radical (unpaired) electrons. The van der Waals surface area contributed by atoms with E-state index in [0.29, 0.717) is 0 Å². The van der Waals surface area contributed by atoms with Gasteiger partial charge in [0.1, 0.15) is 0 Å². The van der Waals surface area contributed by atoms with E-state index in [2.05, 4.69) is 254 Å². The highest BCUT2D eigenvalue weighted by atomic mass is 32.1. The van der Waals surface area contributed by atoms with E-state index in [9.17, 15) is 0 Å². The van der Waals surface area contributed by atoms with Gasteiger partial charge in [0.2, 0.25) is 0 Å². The lowest BCUT2D eigenvalue weighted by Crippen LogP contribution is -2.28. The van der Waals surface area contributed by atoms with Crippen molar-refractivity contribution in [1.29, 1.82) is 0 Å². The fourth-order valence-corrected chi connectivity index (χ4v) is 13.8. The lowest BCUT2D eigenvalue weighted by atomic mass is 9.67. The minimum Gasteiger partial charge on any atom is -0.310 e. The monoisotopic (exact) mass is 899 g/mol. The third-order valence-corrected chi connectivity index (χ3v) is 16.8. The van der Waals surface area contributed by atoms with E-state index in [0.717, 1.165) is 17.1 Å². The summed E-state index contributed by atoms with van der Waals surface area (Å²) in [6.45, 7) is 0. The van der Waals surface area contributed by atoms with Gasteiger partial charge in [-0.15, -0.1) is 22.7 Å². The average molecular weight is 900 g/mol. The Morgan fingerprint density at radius 1 is 0.309 bits per heavy atom. The molecule has 1 aliphatic carbocycles. The molecule has 0 atom stereocenters.